The van der Waals surface area contributed by atoms with Gasteiger partial charge in [0, 0.05) is 31.5 Å². The van der Waals surface area contributed by atoms with Crippen molar-refractivity contribution in [1.82, 2.24) is 9.80 Å². The van der Waals surface area contributed by atoms with Gasteiger partial charge >= 0.3 is 0 Å². The quantitative estimate of drug-likeness (QED) is 0.759. The summed E-state index contributed by atoms with van der Waals surface area (Å²) >= 11 is 0. The first-order valence-corrected chi connectivity index (χ1v) is 10.6. The van der Waals surface area contributed by atoms with Gasteiger partial charge in [0.05, 0.1) is 11.0 Å². The van der Waals surface area contributed by atoms with Gasteiger partial charge in [0.15, 0.2) is 21.3 Å². The third-order valence-electron chi connectivity index (χ3n) is 5.75. The van der Waals surface area contributed by atoms with Crippen molar-refractivity contribution in [3.63, 3.8) is 0 Å². The minimum Gasteiger partial charge on any atom is -0.454 e. The van der Waals surface area contributed by atoms with Crippen LogP contribution in [0.1, 0.15) is 12.0 Å². The fourth-order valence-electron chi connectivity index (χ4n) is 4.28. The molecule has 0 bridgehead atoms. The Balaban J connectivity index is 1.39. The van der Waals surface area contributed by atoms with Gasteiger partial charge in [0.25, 0.3) is 0 Å². The summed E-state index contributed by atoms with van der Waals surface area (Å²) in [6, 6.07) is 5.69. The van der Waals surface area contributed by atoms with Gasteiger partial charge in [-0.3, -0.25) is 4.79 Å². The topological polar surface area (TPSA) is 76.2 Å². The largest absolute Gasteiger partial charge is 0.454 e. The van der Waals surface area contributed by atoms with Crippen molar-refractivity contribution >= 4 is 15.7 Å². The normalized spacial score (nSPS) is 28.6. The van der Waals surface area contributed by atoms with Crippen LogP contribution >= 0.6 is 0 Å². The van der Waals surface area contributed by atoms with E-state index in [4.69, 9.17) is 9.47 Å². The molecule has 0 N–H and O–H groups in total. The lowest BCUT2D eigenvalue weighted by atomic mass is 10.00. The summed E-state index contributed by atoms with van der Waals surface area (Å²) in [5.74, 6) is 1.68. The van der Waals surface area contributed by atoms with E-state index in [0.29, 0.717) is 31.7 Å². The van der Waals surface area contributed by atoms with Crippen molar-refractivity contribution in [2.45, 2.75) is 24.1 Å². The molecule has 3 aliphatic rings. The SMILES string of the molecule is CN(C)[C@H]1CS(=O)(=O)[C@H]2CN(C(=O)CCc3ccc4c(c3)OCO4)C[C@@H]12. The standard InChI is InChI=1S/C18H24N2O5S/c1-19(2)14-10-26(22,23)17-9-20(8-13(14)17)18(21)6-4-12-3-5-15-16(7-12)25-11-24-15/h3,5,7,13-14,17H,4,6,8-11H2,1-2H3/t13-,14-,17-/m0/s1. The number of hydrogen-bond acceptors (Lipinski definition) is 6. The summed E-state index contributed by atoms with van der Waals surface area (Å²) < 4.78 is 35.5. The zero-order valence-electron chi connectivity index (χ0n) is 15.1. The molecule has 0 aromatic heterocycles. The summed E-state index contributed by atoms with van der Waals surface area (Å²) in [4.78, 5) is 16.3. The van der Waals surface area contributed by atoms with Gasteiger partial charge in [-0.05, 0) is 38.2 Å². The zero-order chi connectivity index (χ0) is 18.5. The number of fused-ring (bicyclic) bond motifs is 2. The minimum atomic E-state index is -3.12. The second kappa shape index (κ2) is 6.42. The van der Waals surface area contributed by atoms with Crippen molar-refractivity contribution in [2.24, 2.45) is 5.92 Å². The highest BCUT2D eigenvalue weighted by Gasteiger charge is 2.53. The van der Waals surface area contributed by atoms with Crippen LogP contribution in [0.3, 0.4) is 0 Å². The fraction of sp³-hybridized carbons (Fsp3) is 0.611. The number of sulfone groups is 1. The summed E-state index contributed by atoms with van der Waals surface area (Å²) in [6.07, 6.45) is 0.969. The molecule has 3 heterocycles. The molecule has 2 fully saturated rings. The number of hydrogen-bond donors (Lipinski definition) is 0. The summed E-state index contributed by atoms with van der Waals surface area (Å²) in [5.41, 5.74) is 1.01. The van der Waals surface area contributed by atoms with Crippen LogP contribution in [-0.2, 0) is 21.1 Å². The Morgan fingerprint density at radius 2 is 2.00 bits per heavy atom. The van der Waals surface area contributed by atoms with E-state index in [2.05, 4.69) is 0 Å². The van der Waals surface area contributed by atoms with Crippen molar-refractivity contribution in [2.75, 3.05) is 39.7 Å². The number of carbonyl (C=O) groups excluding carboxylic acids is 1. The summed E-state index contributed by atoms with van der Waals surface area (Å²) in [6.45, 7) is 1.10. The van der Waals surface area contributed by atoms with Crippen LogP contribution in [0.2, 0.25) is 0 Å². The number of rotatable bonds is 4. The second-order valence-electron chi connectivity index (χ2n) is 7.55. The Morgan fingerprint density at radius 3 is 2.77 bits per heavy atom. The van der Waals surface area contributed by atoms with Crippen LogP contribution in [0.25, 0.3) is 0 Å². The smallest absolute Gasteiger partial charge is 0.231 e. The number of ether oxygens (including phenoxy) is 2. The monoisotopic (exact) mass is 380 g/mol. The summed E-state index contributed by atoms with van der Waals surface area (Å²) in [7, 11) is 0.694. The van der Waals surface area contributed by atoms with Gasteiger partial charge in [-0.2, -0.15) is 0 Å². The van der Waals surface area contributed by atoms with Crippen molar-refractivity contribution < 1.29 is 22.7 Å². The molecular weight excluding hydrogens is 356 g/mol. The lowest BCUT2D eigenvalue weighted by molar-refractivity contribution is -0.130. The van der Waals surface area contributed by atoms with Crippen LogP contribution in [-0.4, -0.2) is 75.1 Å². The van der Waals surface area contributed by atoms with Gasteiger partial charge < -0.3 is 19.3 Å². The minimum absolute atomic E-state index is 0.00309. The Kier molecular flexibility index (Phi) is 4.35. The molecule has 0 spiro atoms. The Labute approximate surface area is 153 Å². The third kappa shape index (κ3) is 3.05. The van der Waals surface area contributed by atoms with Crippen LogP contribution in [0.5, 0.6) is 11.5 Å². The van der Waals surface area contributed by atoms with Gasteiger partial charge in [-0.1, -0.05) is 6.07 Å². The van der Waals surface area contributed by atoms with E-state index >= 15 is 0 Å². The predicted octanol–water partition coefficient (Wildman–Crippen LogP) is 0.534. The van der Waals surface area contributed by atoms with Crippen LogP contribution < -0.4 is 9.47 Å². The number of carbonyl (C=O) groups is 1. The maximum absolute atomic E-state index is 12.6. The van der Waals surface area contributed by atoms with E-state index in [1.807, 2.05) is 37.2 Å². The van der Waals surface area contributed by atoms with E-state index in [-0.39, 0.29) is 30.4 Å². The van der Waals surface area contributed by atoms with Gasteiger partial charge in [-0.25, -0.2) is 8.42 Å². The first-order valence-electron chi connectivity index (χ1n) is 8.89. The maximum atomic E-state index is 12.6. The average Bonchev–Trinajstić information content (AvgIpc) is 3.28. The molecule has 26 heavy (non-hydrogen) atoms. The highest BCUT2D eigenvalue weighted by molar-refractivity contribution is 7.92. The molecule has 0 unspecified atom stereocenters. The highest BCUT2D eigenvalue weighted by Crippen LogP contribution is 2.36. The number of nitrogens with zero attached hydrogens (tertiary/aromatic N) is 2. The number of amides is 1. The van der Waals surface area contributed by atoms with Gasteiger partial charge in [0.2, 0.25) is 12.7 Å². The van der Waals surface area contributed by atoms with Crippen molar-refractivity contribution in [3.05, 3.63) is 23.8 Å². The van der Waals surface area contributed by atoms with Crippen LogP contribution in [0, 0.1) is 5.92 Å². The molecule has 0 aliphatic carbocycles. The number of benzene rings is 1. The summed E-state index contributed by atoms with van der Waals surface area (Å²) in [5, 5.41) is -0.413. The molecule has 7 nitrogen and oxygen atoms in total. The van der Waals surface area contributed by atoms with E-state index in [9.17, 15) is 13.2 Å². The third-order valence-corrected chi connectivity index (χ3v) is 7.98. The Bertz CT molecular complexity index is 823. The Hall–Kier alpha value is -1.80. The lowest BCUT2D eigenvalue weighted by Gasteiger charge is -2.25. The molecule has 1 aromatic carbocycles. The predicted molar refractivity (Wildman–Crippen MR) is 96.0 cm³/mol. The second-order valence-corrected chi connectivity index (χ2v) is 9.81. The Morgan fingerprint density at radius 1 is 1.23 bits per heavy atom. The first-order chi connectivity index (χ1) is 12.3. The van der Waals surface area contributed by atoms with Gasteiger partial charge in [0.1, 0.15) is 0 Å². The maximum Gasteiger partial charge on any atom is 0.231 e. The molecule has 2 saturated heterocycles. The number of likely N-dealkylation sites (tertiary alicyclic amines) is 1. The van der Waals surface area contributed by atoms with E-state index in [1.165, 1.54) is 0 Å². The molecule has 1 aromatic rings. The molecule has 0 saturated carbocycles. The van der Waals surface area contributed by atoms with E-state index in [1.54, 1.807) is 4.90 Å². The van der Waals surface area contributed by atoms with Gasteiger partial charge in [-0.15, -0.1) is 0 Å². The van der Waals surface area contributed by atoms with Crippen LogP contribution in [0.15, 0.2) is 18.2 Å². The molecule has 142 valence electrons. The van der Waals surface area contributed by atoms with E-state index in [0.717, 1.165) is 11.3 Å². The van der Waals surface area contributed by atoms with Crippen LogP contribution in [0.4, 0.5) is 0 Å². The average molecular weight is 380 g/mol. The molecule has 3 atom stereocenters. The molecule has 4 rings (SSSR count). The van der Waals surface area contributed by atoms with Crippen molar-refractivity contribution in [1.29, 1.82) is 0 Å². The molecule has 3 aliphatic heterocycles. The lowest BCUT2D eigenvalue weighted by Crippen LogP contribution is -2.38. The molecular formula is C18H24N2O5S. The first kappa shape index (κ1) is 17.6. The highest BCUT2D eigenvalue weighted by atomic mass is 32.2. The van der Waals surface area contributed by atoms with Crippen molar-refractivity contribution in [3.8, 4) is 11.5 Å². The fourth-order valence-corrected chi connectivity index (χ4v) is 6.75. The van der Waals surface area contributed by atoms with E-state index < -0.39 is 15.1 Å². The zero-order valence-corrected chi connectivity index (χ0v) is 15.9. The molecule has 8 heteroatoms. The molecule has 1 amide bonds. The number of aryl methyl sites for hydroxylation is 1. The molecule has 0 radical (unpaired) electrons.